The van der Waals surface area contributed by atoms with Crippen molar-refractivity contribution in [1.82, 2.24) is 0 Å². The minimum absolute atomic E-state index is 0.510. The Bertz CT molecular complexity index is 266. The molecule has 2 bridgehead atoms. The molecule has 0 aromatic rings. The molecule has 19 heavy (non-hydrogen) atoms. The zero-order valence-electron chi connectivity index (χ0n) is 12.6. The van der Waals surface area contributed by atoms with Crippen LogP contribution in [0.3, 0.4) is 0 Å². The van der Waals surface area contributed by atoms with Crippen molar-refractivity contribution in [2.75, 3.05) is 18.5 Å². The van der Waals surface area contributed by atoms with Crippen LogP contribution >= 0.6 is 15.9 Å². The molecule has 1 aliphatic carbocycles. The van der Waals surface area contributed by atoms with Gasteiger partial charge in [-0.05, 0) is 55.5 Å². The summed E-state index contributed by atoms with van der Waals surface area (Å²) in [5.74, 6) is 3.42. The molecule has 0 aromatic heterocycles. The van der Waals surface area contributed by atoms with E-state index < -0.39 is 0 Å². The quantitative estimate of drug-likeness (QED) is 0.464. The molecule has 5 atom stereocenters. The van der Waals surface area contributed by atoms with Crippen LogP contribution in [-0.4, -0.2) is 18.5 Å². The second-order valence-corrected chi connectivity index (χ2v) is 12.8. The van der Waals surface area contributed by atoms with Crippen LogP contribution in [0.1, 0.15) is 70.6 Å². The van der Waals surface area contributed by atoms with Gasteiger partial charge in [-0.1, -0.05) is 67.2 Å². The van der Waals surface area contributed by atoms with E-state index in [1.807, 2.05) is 0 Å². The van der Waals surface area contributed by atoms with Crippen molar-refractivity contribution in [3.8, 4) is 0 Å². The Labute approximate surface area is 123 Å². The topological polar surface area (TPSA) is 0 Å². The van der Waals surface area contributed by atoms with Crippen LogP contribution in [0.15, 0.2) is 0 Å². The number of hydrogen-bond acceptors (Lipinski definition) is 0. The van der Waals surface area contributed by atoms with E-state index in [1.54, 1.807) is 89.1 Å². The van der Waals surface area contributed by atoms with Gasteiger partial charge in [-0.2, -0.15) is 0 Å². The van der Waals surface area contributed by atoms with E-state index >= 15 is 0 Å². The Kier molecular flexibility index (Phi) is 6.03. The predicted octanol–water partition coefficient (Wildman–Crippen LogP) is 6.24. The van der Waals surface area contributed by atoms with Gasteiger partial charge in [0.05, 0.1) is 0 Å². The first kappa shape index (κ1) is 14.8. The molecule has 0 aromatic carbocycles. The molecule has 1 saturated carbocycles. The first-order chi connectivity index (χ1) is 9.42. The van der Waals surface area contributed by atoms with Crippen molar-refractivity contribution in [3.63, 3.8) is 0 Å². The maximum Gasteiger partial charge on any atom is -0.0261 e. The van der Waals surface area contributed by atoms with Crippen LogP contribution in [0.25, 0.3) is 0 Å². The molecule has 0 nitrogen and oxygen atoms in total. The van der Waals surface area contributed by atoms with Gasteiger partial charge in [-0.3, -0.25) is 0 Å². The molecule has 110 valence electrons. The molecule has 0 spiro atoms. The smallest absolute Gasteiger partial charge is 0.0261 e. The van der Waals surface area contributed by atoms with Crippen molar-refractivity contribution < 1.29 is 0 Å². The average Bonchev–Trinajstić information content (AvgIpc) is 3.03. The second-order valence-electron chi connectivity index (χ2n) is 7.24. The zero-order chi connectivity index (χ0) is 12.9. The van der Waals surface area contributed by atoms with Crippen molar-refractivity contribution in [2.24, 2.45) is 17.8 Å². The molecule has 3 rings (SSSR count). The minimum Gasteiger partial charge on any atom is -0.0960 e. The number of fused-ring (bicyclic) bond motifs is 3. The summed E-state index contributed by atoms with van der Waals surface area (Å²) < 4.78 is 0. The van der Waals surface area contributed by atoms with Crippen LogP contribution < -0.4 is 0 Å². The Morgan fingerprint density at radius 3 is 2.32 bits per heavy atom. The van der Waals surface area contributed by atoms with Crippen LogP contribution in [-0.2, 0) is 0 Å². The summed E-state index contributed by atoms with van der Waals surface area (Å²) in [7, 11) is 1.88. The van der Waals surface area contributed by atoms with Gasteiger partial charge in [0.2, 0.25) is 0 Å². The summed E-state index contributed by atoms with van der Waals surface area (Å²) in [5.41, 5.74) is 0. The lowest BCUT2D eigenvalue weighted by molar-refractivity contribution is 0.329. The van der Waals surface area contributed by atoms with Gasteiger partial charge >= 0.3 is 0 Å². The third-order valence-electron chi connectivity index (χ3n) is 5.88. The minimum atomic E-state index is 0.510. The fourth-order valence-electron chi connectivity index (χ4n) is 4.70. The van der Waals surface area contributed by atoms with Gasteiger partial charge in [-0.15, -0.1) is 0 Å². The molecule has 2 heteroatoms. The third kappa shape index (κ3) is 4.41. The largest absolute Gasteiger partial charge is 0.0960 e. The summed E-state index contributed by atoms with van der Waals surface area (Å²) in [6.45, 7) is 0. The highest BCUT2D eigenvalue weighted by Crippen LogP contribution is 2.62. The molecule has 2 aliphatic heterocycles. The molecule has 2 saturated heterocycles. The maximum atomic E-state index is 1.67. The second kappa shape index (κ2) is 7.75. The van der Waals surface area contributed by atoms with E-state index in [0.29, 0.717) is 7.61 Å². The van der Waals surface area contributed by atoms with E-state index in [-0.39, 0.29) is 0 Å². The lowest BCUT2D eigenvalue weighted by atomic mass is 9.87. The summed E-state index contributed by atoms with van der Waals surface area (Å²) in [4.78, 5) is 0. The number of hydrogen-bond donors (Lipinski definition) is 0. The summed E-state index contributed by atoms with van der Waals surface area (Å²) in [5, 5.41) is 0. The van der Waals surface area contributed by atoms with Crippen molar-refractivity contribution in [3.05, 3.63) is 0 Å². The molecule has 2 heterocycles. The first-order valence-electron chi connectivity index (χ1n) is 8.90. The van der Waals surface area contributed by atoms with Crippen LogP contribution in [0.2, 0.25) is 0 Å². The van der Waals surface area contributed by atoms with E-state index in [4.69, 9.17) is 0 Å². The predicted molar refractivity (Wildman–Crippen MR) is 91.1 cm³/mol. The normalized spacial score (nSPS) is 42.9. The van der Waals surface area contributed by atoms with E-state index in [2.05, 4.69) is 0 Å². The molecule has 3 aliphatic rings. The van der Waals surface area contributed by atoms with E-state index in [9.17, 15) is 0 Å². The lowest BCUT2D eigenvalue weighted by Gasteiger charge is -2.21. The van der Waals surface area contributed by atoms with Crippen molar-refractivity contribution in [1.29, 1.82) is 0 Å². The summed E-state index contributed by atoms with van der Waals surface area (Å²) in [6, 6.07) is 0. The Balaban J connectivity index is 1.50. The van der Waals surface area contributed by atoms with Crippen LogP contribution in [0.4, 0.5) is 0 Å². The molecular formula is C17H32P2. The van der Waals surface area contributed by atoms with Crippen molar-refractivity contribution >= 4 is 15.9 Å². The Morgan fingerprint density at radius 2 is 1.42 bits per heavy atom. The Morgan fingerprint density at radius 1 is 0.684 bits per heavy atom. The highest BCUT2D eigenvalue weighted by Gasteiger charge is 2.27. The molecule has 0 N–H and O–H groups in total. The van der Waals surface area contributed by atoms with Crippen LogP contribution in [0.5, 0.6) is 0 Å². The third-order valence-corrected chi connectivity index (χ3v) is 11.9. The highest BCUT2D eigenvalue weighted by molar-refractivity contribution is 8.21. The lowest BCUT2D eigenvalue weighted by Crippen LogP contribution is -2.08. The van der Waals surface area contributed by atoms with Crippen LogP contribution in [0, 0.1) is 17.8 Å². The van der Waals surface area contributed by atoms with Gasteiger partial charge in [0.15, 0.2) is 0 Å². The van der Waals surface area contributed by atoms with Gasteiger partial charge in [0, 0.05) is 0 Å². The van der Waals surface area contributed by atoms with Gasteiger partial charge in [0.1, 0.15) is 0 Å². The zero-order valence-corrected chi connectivity index (χ0v) is 14.5. The molecular weight excluding hydrogens is 266 g/mol. The Hall–Kier alpha value is 0.860. The van der Waals surface area contributed by atoms with E-state index in [0.717, 1.165) is 17.8 Å². The molecule has 5 unspecified atom stereocenters. The standard InChI is InChI=1S/C17H32P2/c1-2-6-15-11-13-19(14-15)18-12-5-10-17-9-4-8-16(17)7-3-1/h15-18H,1-14H2. The monoisotopic (exact) mass is 298 g/mol. The molecule has 0 amide bonds. The van der Waals surface area contributed by atoms with Gasteiger partial charge in [0.25, 0.3) is 0 Å². The fraction of sp³-hybridized carbons (Fsp3) is 1.00. The first-order valence-corrected chi connectivity index (χ1v) is 12.7. The SMILES string of the molecule is C1CCC2CCP(C2)PCCCC2CCCC2CC1. The summed E-state index contributed by atoms with van der Waals surface area (Å²) >= 11 is 0. The maximum absolute atomic E-state index is 1.67. The van der Waals surface area contributed by atoms with Gasteiger partial charge < -0.3 is 0 Å². The highest BCUT2D eigenvalue weighted by atomic mass is 32.0. The fourth-order valence-corrected chi connectivity index (χ4v) is 11.0. The van der Waals surface area contributed by atoms with Gasteiger partial charge in [-0.25, -0.2) is 0 Å². The summed E-state index contributed by atoms with van der Waals surface area (Å²) in [6.07, 6.45) is 22.2. The number of rotatable bonds is 0. The average molecular weight is 298 g/mol. The van der Waals surface area contributed by atoms with E-state index in [1.165, 1.54) is 8.27 Å². The molecule has 3 fully saturated rings. The molecule has 0 radical (unpaired) electrons. The van der Waals surface area contributed by atoms with Crippen molar-refractivity contribution in [2.45, 2.75) is 70.6 Å².